The Labute approximate surface area is 230 Å². The monoisotopic (exact) mass is 542 g/mol. The van der Waals surface area contributed by atoms with Crippen LogP contribution >= 0.6 is 11.8 Å². The molecule has 2 aliphatic carbocycles. The molecule has 4 fully saturated rings. The fraction of sp³-hybridized carbons (Fsp3) is 0.700. The lowest BCUT2D eigenvalue weighted by Crippen LogP contribution is -2.64. The normalized spacial score (nSPS) is 32.1. The van der Waals surface area contributed by atoms with Gasteiger partial charge in [-0.3, -0.25) is 9.59 Å². The number of fused-ring (bicyclic) bond motifs is 2. The smallest absolute Gasteiger partial charge is 0.329 e. The van der Waals surface area contributed by atoms with Gasteiger partial charge >= 0.3 is 5.97 Å². The van der Waals surface area contributed by atoms with Crippen molar-refractivity contribution in [3.8, 4) is 0 Å². The van der Waals surface area contributed by atoms with Crippen molar-refractivity contribution in [3.05, 3.63) is 35.9 Å². The molecule has 0 aromatic heterocycles. The number of aliphatic hydroxyl groups is 1. The minimum Gasteiger partial charge on any atom is -0.460 e. The summed E-state index contributed by atoms with van der Waals surface area (Å²) in [4.78, 5) is 42.4. The Morgan fingerprint density at radius 2 is 1.82 bits per heavy atom. The summed E-state index contributed by atoms with van der Waals surface area (Å²) in [5.74, 6) is 0.983. The van der Waals surface area contributed by atoms with Gasteiger partial charge in [-0.05, 0) is 73.3 Å². The van der Waals surface area contributed by atoms with Crippen LogP contribution in [0.4, 0.5) is 0 Å². The van der Waals surface area contributed by atoms with E-state index in [4.69, 9.17) is 4.74 Å². The predicted octanol–water partition coefficient (Wildman–Crippen LogP) is 3.72. The standard InChI is InChI=1S/C30H42N2O5S/c1-28(2)21-11-12-29(28,3)24(19-21)37-26(35)22-10-7-15-32(22)27(36)30(13-16-38-17-14-30)31-25(34)23(33)18-20-8-5-4-6-9-20/h4-6,8-9,21-24,33H,7,10-19H2,1-3H3,(H,31,34). The Balaban J connectivity index is 1.28. The third kappa shape index (κ3) is 4.76. The van der Waals surface area contributed by atoms with Crippen LogP contribution in [-0.2, 0) is 25.5 Å². The minimum absolute atomic E-state index is 0.0363. The molecule has 2 aliphatic heterocycles. The van der Waals surface area contributed by atoms with E-state index in [1.807, 2.05) is 30.3 Å². The van der Waals surface area contributed by atoms with Crippen molar-refractivity contribution in [2.24, 2.45) is 16.7 Å². The highest BCUT2D eigenvalue weighted by molar-refractivity contribution is 7.99. The largest absolute Gasteiger partial charge is 0.460 e. The molecule has 2 N–H and O–H groups in total. The van der Waals surface area contributed by atoms with Gasteiger partial charge in [-0.1, -0.05) is 51.1 Å². The topological polar surface area (TPSA) is 95.9 Å². The van der Waals surface area contributed by atoms with Gasteiger partial charge in [-0.25, -0.2) is 4.79 Å². The average Bonchev–Trinajstić information content (AvgIpc) is 3.53. The summed E-state index contributed by atoms with van der Waals surface area (Å²) < 4.78 is 6.19. The van der Waals surface area contributed by atoms with Crippen LogP contribution < -0.4 is 5.32 Å². The van der Waals surface area contributed by atoms with Gasteiger partial charge < -0.3 is 20.1 Å². The number of likely N-dealkylation sites (tertiary alicyclic amines) is 1. The number of carbonyl (C=O) groups excluding carboxylic acids is 3. The summed E-state index contributed by atoms with van der Waals surface area (Å²) in [5.41, 5.74) is -0.151. The number of benzene rings is 1. The lowest BCUT2D eigenvalue weighted by atomic mass is 9.70. The maximum absolute atomic E-state index is 14.1. The number of hydrogen-bond donors (Lipinski definition) is 2. The molecule has 2 bridgehead atoms. The van der Waals surface area contributed by atoms with Gasteiger partial charge in [-0.2, -0.15) is 11.8 Å². The molecule has 208 valence electrons. The second-order valence-corrected chi connectivity index (χ2v) is 13.8. The van der Waals surface area contributed by atoms with Crippen molar-refractivity contribution in [2.45, 2.75) is 95.9 Å². The van der Waals surface area contributed by atoms with Gasteiger partial charge in [0.15, 0.2) is 0 Å². The second kappa shape index (κ2) is 10.5. The van der Waals surface area contributed by atoms with E-state index in [-0.39, 0.29) is 35.2 Å². The molecule has 0 radical (unpaired) electrons. The zero-order chi connectivity index (χ0) is 27.1. The van der Waals surface area contributed by atoms with Crippen LogP contribution in [0.2, 0.25) is 0 Å². The van der Waals surface area contributed by atoms with E-state index in [0.717, 1.165) is 36.3 Å². The number of nitrogens with zero attached hydrogens (tertiary/aromatic N) is 1. The lowest BCUT2D eigenvalue weighted by Gasteiger charge is -2.41. The number of thioether (sulfide) groups is 1. The van der Waals surface area contributed by atoms with Gasteiger partial charge in [0, 0.05) is 18.4 Å². The predicted molar refractivity (Wildman–Crippen MR) is 147 cm³/mol. The number of esters is 1. The molecule has 38 heavy (non-hydrogen) atoms. The summed E-state index contributed by atoms with van der Waals surface area (Å²) in [6, 6.07) is 8.74. The lowest BCUT2D eigenvalue weighted by molar-refractivity contribution is -0.166. The van der Waals surface area contributed by atoms with Crippen LogP contribution in [0.3, 0.4) is 0 Å². The number of rotatable bonds is 7. The molecule has 7 nitrogen and oxygen atoms in total. The molecule has 2 saturated carbocycles. The molecule has 8 heteroatoms. The van der Waals surface area contributed by atoms with Crippen LogP contribution in [0.15, 0.2) is 30.3 Å². The highest BCUT2D eigenvalue weighted by Crippen LogP contribution is 2.66. The summed E-state index contributed by atoms with van der Waals surface area (Å²) in [7, 11) is 0. The zero-order valence-electron chi connectivity index (χ0n) is 22.9. The molecule has 4 aliphatic rings. The van der Waals surface area contributed by atoms with E-state index >= 15 is 0 Å². The molecule has 1 aromatic rings. The Kier molecular flexibility index (Phi) is 7.59. The number of amides is 2. The van der Waals surface area contributed by atoms with Gasteiger partial charge in [0.05, 0.1) is 0 Å². The summed E-state index contributed by atoms with van der Waals surface area (Å²) in [6.45, 7) is 7.32. The van der Waals surface area contributed by atoms with E-state index in [1.165, 1.54) is 6.42 Å². The Morgan fingerprint density at radius 3 is 2.45 bits per heavy atom. The van der Waals surface area contributed by atoms with Crippen LogP contribution in [0, 0.1) is 16.7 Å². The molecule has 2 heterocycles. The fourth-order valence-corrected chi connectivity index (χ4v) is 8.61. The van der Waals surface area contributed by atoms with Gasteiger partial charge in [0.25, 0.3) is 0 Å². The van der Waals surface area contributed by atoms with Crippen molar-refractivity contribution in [1.29, 1.82) is 0 Å². The van der Waals surface area contributed by atoms with Crippen molar-refractivity contribution in [2.75, 3.05) is 18.1 Å². The molecule has 0 spiro atoms. The highest BCUT2D eigenvalue weighted by Gasteiger charge is 2.63. The number of nitrogens with one attached hydrogen (secondary N) is 1. The summed E-state index contributed by atoms with van der Waals surface area (Å²) >= 11 is 1.75. The van der Waals surface area contributed by atoms with Crippen LogP contribution in [0.1, 0.15) is 71.3 Å². The third-order valence-corrected chi connectivity index (χ3v) is 11.4. The van der Waals surface area contributed by atoms with Crippen LogP contribution in [-0.4, -0.2) is 69.6 Å². The Morgan fingerprint density at radius 1 is 1.11 bits per heavy atom. The van der Waals surface area contributed by atoms with Crippen molar-refractivity contribution >= 4 is 29.5 Å². The third-order valence-electron chi connectivity index (χ3n) is 10.5. The highest BCUT2D eigenvalue weighted by atomic mass is 32.2. The van der Waals surface area contributed by atoms with Crippen LogP contribution in [0.25, 0.3) is 0 Å². The first-order valence-corrected chi connectivity index (χ1v) is 15.4. The van der Waals surface area contributed by atoms with E-state index in [0.29, 0.717) is 31.7 Å². The van der Waals surface area contributed by atoms with Gasteiger partial charge in [0.2, 0.25) is 11.8 Å². The van der Waals surface area contributed by atoms with E-state index in [1.54, 1.807) is 16.7 Å². The summed E-state index contributed by atoms with van der Waals surface area (Å²) in [6.07, 6.45) is 4.23. The van der Waals surface area contributed by atoms with E-state index < -0.39 is 23.6 Å². The fourth-order valence-electron chi connectivity index (χ4n) is 7.42. The Hall–Kier alpha value is -2.06. The second-order valence-electron chi connectivity index (χ2n) is 12.6. The van der Waals surface area contributed by atoms with E-state index in [9.17, 15) is 19.5 Å². The molecule has 1 aromatic carbocycles. The number of aliphatic hydroxyl groups excluding tert-OH is 1. The van der Waals surface area contributed by atoms with E-state index in [2.05, 4.69) is 26.1 Å². The molecule has 2 saturated heterocycles. The van der Waals surface area contributed by atoms with Gasteiger partial charge in [-0.15, -0.1) is 0 Å². The molecule has 5 unspecified atom stereocenters. The van der Waals surface area contributed by atoms with Crippen LogP contribution in [0.5, 0.6) is 0 Å². The summed E-state index contributed by atoms with van der Waals surface area (Å²) in [5, 5.41) is 13.6. The molecule has 5 rings (SSSR count). The van der Waals surface area contributed by atoms with Crippen molar-refractivity contribution < 1.29 is 24.2 Å². The van der Waals surface area contributed by atoms with Crippen molar-refractivity contribution in [3.63, 3.8) is 0 Å². The first-order chi connectivity index (χ1) is 18.1. The maximum Gasteiger partial charge on any atom is 0.329 e. The molecular weight excluding hydrogens is 500 g/mol. The first kappa shape index (κ1) is 27.5. The first-order valence-electron chi connectivity index (χ1n) is 14.2. The van der Waals surface area contributed by atoms with Gasteiger partial charge in [0.1, 0.15) is 23.8 Å². The molecular formula is C30H42N2O5S. The average molecular weight is 543 g/mol. The number of ether oxygens (including phenoxy) is 1. The maximum atomic E-state index is 14.1. The number of carbonyl (C=O) groups is 3. The SMILES string of the molecule is CC1(C)C2CCC1(C)C(OC(=O)C1CCCN1C(=O)C1(NC(=O)C(O)Cc3ccccc3)CCSCC1)C2. The minimum atomic E-state index is -1.25. The quantitative estimate of drug-likeness (QED) is 0.510. The molecule has 5 atom stereocenters. The number of hydrogen-bond acceptors (Lipinski definition) is 6. The van der Waals surface area contributed by atoms with Crippen molar-refractivity contribution in [1.82, 2.24) is 10.2 Å². The Bertz CT molecular complexity index is 1060. The molecule has 2 amide bonds. The zero-order valence-corrected chi connectivity index (χ0v) is 23.7.